The number of hydrogen-bond donors (Lipinski definition) is 1. The van der Waals surface area contributed by atoms with E-state index >= 15 is 0 Å². The van der Waals surface area contributed by atoms with Crippen LogP contribution in [-0.4, -0.2) is 8.42 Å². The number of nitrogens with one attached hydrogen (secondary N) is 1. The molecule has 0 spiro atoms. The van der Waals surface area contributed by atoms with Gasteiger partial charge in [0.2, 0.25) is 0 Å². The maximum Gasteiger partial charge on any atom is 0.263 e. The highest BCUT2D eigenvalue weighted by atomic mass is 79.9. The zero-order valence-corrected chi connectivity index (χ0v) is 15.4. The molecule has 2 aromatic rings. The molecule has 0 fully saturated rings. The highest BCUT2D eigenvalue weighted by Crippen LogP contribution is 2.29. The summed E-state index contributed by atoms with van der Waals surface area (Å²) in [6.07, 6.45) is 0. The summed E-state index contributed by atoms with van der Waals surface area (Å²) < 4.78 is 41.5. The van der Waals surface area contributed by atoms with Crippen molar-refractivity contribution in [3.05, 3.63) is 55.7 Å². The molecule has 1 N–H and O–H groups in total. The molecule has 0 aromatic heterocycles. The van der Waals surface area contributed by atoms with E-state index in [0.717, 1.165) is 6.07 Å². The highest BCUT2D eigenvalue weighted by molar-refractivity contribution is 9.10. The Balaban J connectivity index is 2.45. The Morgan fingerprint density at radius 2 is 1.86 bits per heavy atom. The van der Waals surface area contributed by atoms with Gasteiger partial charge in [-0.15, -0.1) is 0 Å². The molecule has 8 heteroatoms. The summed E-state index contributed by atoms with van der Waals surface area (Å²) in [5.74, 6) is -0.555. The summed E-state index contributed by atoms with van der Waals surface area (Å²) in [6.45, 7) is 1.67. The Bertz CT molecular complexity index is 812. The molecule has 0 bridgehead atoms. The van der Waals surface area contributed by atoms with Gasteiger partial charge in [-0.1, -0.05) is 27.5 Å². The Kier molecular flexibility index (Phi) is 4.97. The molecule has 0 amide bonds. The highest BCUT2D eigenvalue weighted by Gasteiger charge is 2.19. The fourth-order valence-corrected chi connectivity index (χ4v) is 4.27. The maximum absolute atomic E-state index is 13.6. The van der Waals surface area contributed by atoms with E-state index in [1.54, 1.807) is 13.0 Å². The molecule has 0 aliphatic heterocycles. The molecule has 21 heavy (non-hydrogen) atoms. The van der Waals surface area contributed by atoms with Gasteiger partial charge in [-0.05, 0) is 58.7 Å². The quantitative estimate of drug-likeness (QED) is 0.696. The van der Waals surface area contributed by atoms with E-state index in [9.17, 15) is 12.8 Å². The van der Waals surface area contributed by atoms with Crippen LogP contribution in [-0.2, 0) is 10.0 Å². The van der Waals surface area contributed by atoms with E-state index in [1.165, 1.54) is 18.2 Å². The monoisotopic (exact) mass is 455 g/mol. The first-order valence-corrected chi connectivity index (χ1v) is 9.09. The lowest BCUT2D eigenvalue weighted by molar-refractivity contribution is 0.601. The maximum atomic E-state index is 13.6. The van der Waals surface area contributed by atoms with E-state index in [1.807, 2.05) is 0 Å². The minimum absolute atomic E-state index is 0.0740. The molecule has 0 saturated heterocycles. The van der Waals surface area contributed by atoms with Crippen LogP contribution in [0.1, 0.15) is 5.56 Å². The second kappa shape index (κ2) is 6.24. The molecule has 2 aromatic carbocycles. The SMILES string of the molecule is Cc1cc(Br)c(F)cc1NS(=O)(=O)c1ccc(Br)cc1Cl. The minimum atomic E-state index is -3.90. The van der Waals surface area contributed by atoms with Crippen LogP contribution in [0.5, 0.6) is 0 Å². The first-order chi connectivity index (χ1) is 9.70. The Morgan fingerprint density at radius 3 is 2.48 bits per heavy atom. The van der Waals surface area contributed by atoms with Crippen molar-refractivity contribution in [2.75, 3.05) is 4.72 Å². The number of benzene rings is 2. The van der Waals surface area contributed by atoms with Crippen molar-refractivity contribution in [3.63, 3.8) is 0 Å². The Hall–Kier alpha value is -0.630. The van der Waals surface area contributed by atoms with Gasteiger partial charge in [0.1, 0.15) is 10.7 Å². The van der Waals surface area contributed by atoms with Crippen molar-refractivity contribution in [2.24, 2.45) is 0 Å². The minimum Gasteiger partial charge on any atom is -0.279 e. The third-order valence-electron chi connectivity index (χ3n) is 2.70. The molecule has 3 nitrogen and oxygen atoms in total. The Labute approximate surface area is 143 Å². The largest absolute Gasteiger partial charge is 0.279 e. The lowest BCUT2D eigenvalue weighted by Crippen LogP contribution is -2.14. The van der Waals surface area contributed by atoms with E-state index in [0.29, 0.717) is 10.0 Å². The third-order valence-corrected chi connectivity index (χ3v) is 5.64. The molecule has 0 unspecified atom stereocenters. The summed E-state index contributed by atoms with van der Waals surface area (Å²) in [4.78, 5) is -0.0740. The van der Waals surface area contributed by atoms with Crippen LogP contribution in [0.2, 0.25) is 5.02 Å². The van der Waals surface area contributed by atoms with Crippen molar-refractivity contribution in [3.8, 4) is 0 Å². The number of rotatable bonds is 3. The summed E-state index contributed by atoms with van der Waals surface area (Å²) >= 11 is 12.2. The van der Waals surface area contributed by atoms with Crippen LogP contribution in [0.25, 0.3) is 0 Å². The van der Waals surface area contributed by atoms with Crippen LogP contribution < -0.4 is 4.72 Å². The van der Waals surface area contributed by atoms with Gasteiger partial charge in [-0.3, -0.25) is 4.72 Å². The second-order valence-corrected chi connectivity index (χ2v) is 8.09. The average Bonchev–Trinajstić information content (AvgIpc) is 2.35. The molecule has 112 valence electrons. The van der Waals surface area contributed by atoms with Crippen LogP contribution in [0.15, 0.2) is 44.2 Å². The fraction of sp³-hybridized carbons (Fsp3) is 0.0769. The summed E-state index contributed by atoms with van der Waals surface area (Å²) in [6, 6.07) is 7.03. The number of anilines is 1. The van der Waals surface area contributed by atoms with Crippen molar-refractivity contribution in [1.82, 2.24) is 0 Å². The number of halogens is 4. The zero-order chi connectivity index (χ0) is 15.8. The van der Waals surface area contributed by atoms with Crippen molar-refractivity contribution < 1.29 is 12.8 Å². The summed E-state index contributed by atoms with van der Waals surface area (Å²) in [5, 5.41) is 0.0760. The molecule has 0 saturated carbocycles. The van der Waals surface area contributed by atoms with Gasteiger partial charge in [0.15, 0.2) is 0 Å². The van der Waals surface area contributed by atoms with Gasteiger partial charge < -0.3 is 0 Å². The second-order valence-electron chi connectivity index (χ2n) is 4.26. The molecule has 0 radical (unpaired) electrons. The van der Waals surface area contributed by atoms with Crippen LogP contribution in [0.3, 0.4) is 0 Å². The first kappa shape index (κ1) is 16.7. The van der Waals surface area contributed by atoms with Gasteiger partial charge in [0.05, 0.1) is 15.2 Å². The first-order valence-electron chi connectivity index (χ1n) is 5.64. The molecule has 0 aliphatic rings. The molecule has 0 heterocycles. The van der Waals surface area contributed by atoms with Crippen LogP contribution >= 0.6 is 43.5 Å². The topological polar surface area (TPSA) is 46.2 Å². The number of sulfonamides is 1. The Morgan fingerprint density at radius 1 is 1.19 bits per heavy atom. The molecule has 2 rings (SSSR count). The summed E-state index contributed by atoms with van der Waals surface area (Å²) in [5.41, 5.74) is 0.745. The van der Waals surface area contributed by atoms with Gasteiger partial charge >= 0.3 is 0 Å². The van der Waals surface area contributed by atoms with E-state index < -0.39 is 15.8 Å². The molecular formula is C13H9Br2ClFNO2S. The zero-order valence-electron chi connectivity index (χ0n) is 10.6. The smallest absolute Gasteiger partial charge is 0.263 e. The molecule has 0 atom stereocenters. The summed E-state index contributed by atoms with van der Waals surface area (Å²) in [7, 11) is -3.90. The van der Waals surface area contributed by atoms with Gasteiger partial charge in [0.25, 0.3) is 10.0 Å². The normalized spacial score (nSPS) is 11.5. The number of aryl methyl sites for hydroxylation is 1. The number of hydrogen-bond acceptors (Lipinski definition) is 2. The van der Waals surface area contributed by atoms with Gasteiger partial charge in [-0.25, -0.2) is 12.8 Å². The average molecular weight is 458 g/mol. The van der Waals surface area contributed by atoms with Gasteiger partial charge in [0, 0.05) is 4.47 Å². The van der Waals surface area contributed by atoms with E-state index in [-0.39, 0.29) is 20.1 Å². The molecule has 0 aliphatic carbocycles. The lowest BCUT2D eigenvalue weighted by atomic mass is 10.2. The standard InChI is InChI=1S/C13H9Br2ClFNO2S/c1-7-4-9(15)11(17)6-12(7)18-21(19,20)13-3-2-8(14)5-10(13)16/h2-6,18H,1H3. The van der Waals surface area contributed by atoms with Crippen LogP contribution in [0.4, 0.5) is 10.1 Å². The van der Waals surface area contributed by atoms with Crippen LogP contribution in [0, 0.1) is 12.7 Å². The van der Waals surface area contributed by atoms with Crippen molar-refractivity contribution in [2.45, 2.75) is 11.8 Å². The predicted molar refractivity (Wildman–Crippen MR) is 88.8 cm³/mol. The predicted octanol–water partition coefficient (Wildman–Crippen LogP) is 5.11. The van der Waals surface area contributed by atoms with E-state index in [2.05, 4.69) is 36.6 Å². The fourth-order valence-electron chi connectivity index (χ4n) is 1.65. The molecular weight excluding hydrogens is 448 g/mol. The van der Waals surface area contributed by atoms with Gasteiger partial charge in [-0.2, -0.15) is 0 Å². The lowest BCUT2D eigenvalue weighted by Gasteiger charge is -2.12. The van der Waals surface area contributed by atoms with E-state index in [4.69, 9.17) is 11.6 Å². The van der Waals surface area contributed by atoms with Crippen molar-refractivity contribution in [1.29, 1.82) is 0 Å². The van der Waals surface area contributed by atoms with Crippen molar-refractivity contribution >= 4 is 59.2 Å². The third kappa shape index (κ3) is 3.77.